The summed E-state index contributed by atoms with van der Waals surface area (Å²) < 4.78 is 0. The van der Waals surface area contributed by atoms with Crippen LogP contribution < -0.4 is 5.32 Å². The van der Waals surface area contributed by atoms with E-state index in [2.05, 4.69) is 5.32 Å². The fourth-order valence-electron chi connectivity index (χ4n) is 1.22. The molecule has 0 aliphatic carbocycles. The van der Waals surface area contributed by atoms with Crippen molar-refractivity contribution in [2.24, 2.45) is 0 Å². The van der Waals surface area contributed by atoms with Crippen molar-refractivity contribution in [3.63, 3.8) is 0 Å². The highest BCUT2D eigenvalue weighted by Gasteiger charge is 2.23. The largest absolute Gasteiger partial charge is 0.390 e. The average molecular weight is 158 g/mol. The predicted molar refractivity (Wildman–Crippen MR) is 41.6 cm³/mol. The normalized spacial score (nSPS) is 24.4. The van der Waals surface area contributed by atoms with Gasteiger partial charge in [0.2, 0.25) is 0 Å². The van der Waals surface area contributed by atoms with Crippen molar-refractivity contribution in [1.82, 2.24) is 10.2 Å². The number of aliphatic hydroxyl groups excluding tert-OH is 2. The Morgan fingerprint density at radius 3 is 2.45 bits per heavy atom. The van der Waals surface area contributed by atoms with E-state index in [1.807, 2.05) is 18.9 Å². The van der Waals surface area contributed by atoms with Crippen molar-refractivity contribution in [3.8, 4) is 0 Å². The summed E-state index contributed by atoms with van der Waals surface area (Å²) in [6.07, 6.45) is 0.166. The lowest BCUT2D eigenvalue weighted by atomic mass is 10.3. The van der Waals surface area contributed by atoms with Gasteiger partial charge in [-0.05, 0) is 6.92 Å². The van der Waals surface area contributed by atoms with Gasteiger partial charge in [-0.3, -0.25) is 0 Å². The van der Waals surface area contributed by atoms with Crippen LogP contribution in [0.3, 0.4) is 0 Å². The van der Waals surface area contributed by atoms with Crippen LogP contribution in [0, 0.1) is 0 Å². The topological polar surface area (TPSA) is 55.7 Å². The Labute approximate surface area is 66.1 Å². The summed E-state index contributed by atoms with van der Waals surface area (Å²) >= 11 is 0. The third-order valence-corrected chi connectivity index (χ3v) is 2.05. The monoisotopic (exact) mass is 158 g/mol. The summed E-state index contributed by atoms with van der Waals surface area (Å²) in [5.74, 6) is 0. The van der Waals surface area contributed by atoms with E-state index in [0.717, 1.165) is 11.4 Å². The van der Waals surface area contributed by atoms with Gasteiger partial charge in [0.1, 0.15) is 0 Å². The quantitative estimate of drug-likeness (QED) is 0.485. The second kappa shape index (κ2) is 3.11. The molecule has 0 aromatic rings. The maximum Gasteiger partial charge on any atom is 0.0955 e. The molecule has 64 valence electrons. The summed E-state index contributed by atoms with van der Waals surface area (Å²) in [7, 11) is 1.88. The van der Waals surface area contributed by atoms with E-state index in [0.29, 0.717) is 0 Å². The first-order valence-corrected chi connectivity index (χ1v) is 3.63. The smallest absolute Gasteiger partial charge is 0.0955 e. The molecule has 1 heterocycles. The van der Waals surface area contributed by atoms with Crippen LogP contribution in [0.4, 0.5) is 0 Å². The van der Waals surface area contributed by atoms with Gasteiger partial charge in [0, 0.05) is 7.05 Å². The number of nitrogens with one attached hydrogen (secondary N) is 1. The van der Waals surface area contributed by atoms with Crippen LogP contribution in [-0.4, -0.2) is 41.5 Å². The number of hydrogen-bond donors (Lipinski definition) is 3. The highest BCUT2D eigenvalue weighted by atomic mass is 16.3. The second-order valence-corrected chi connectivity index (χ2v) is 2.67. The van der Waals surface area contributed by atoms with Crippen molar-refractivity contribution in [3.05, 3.63) is 11.4 Å². The summed E-state index contributed by atoms with van der Waals surface area (Å²) in [6, 6.07) is 0. The molecule has 0 amide bonds. The van der Waals surface area contributed by atoms with E-state index in [1.54, 1.807) is 0 Å². The van der Waals surface area contributed by atoms with Crippen LogP contribution >= 0.6 is 0 Å². The van der Waals surface area contributed by atoms with Crippen molar-refractivity contribution in [1.29, 1.82) is 0 Å². The van der Waals surface area contributed by atoms with E-state index >= 15 is 0 Å². The molecule has 0 aromatic heterocycles. The first-order chi connectivity index (χ1) is 5.20. The molecule has 1 aliphatic rings. The maximum atomic E-state index is 8.91. The van der Waals surface area contributed by atoms with Crippen LogP contribution in [0.15, 0.2) is 11.4 Å². The van der Waals surface area contributed by atoms with E-state index in [4.69, 9.17) is 10.2 Å². The van der Waals surface area contributed by atoms with E-state index in [1.165, 1.54) is 0 Å². The van der Waals surface area contributed by atoms with Gasteiger partial charge in [0.25, 0.3) is 0 Å². The Balaban J connectivity index is 2.77. The first-order valence-electron chi connectivity index (χ1n) is 3.63. The van der Waals surface area contributed by atoms with Gasteiger partial charge in [-0.25, -0.2) is 0 Å². The van der Waals surface area contributed by atoms with Crippen LogP contribution in [0.1, 0.15) is 6.92 Å². The van der Waals surface area contributed by atoms with Crippen LogP contribution in [0.2, 0.25) is 0 Å². The Hall–Kier alpha value is -0.740. The number of rotatable bonds is 2. The third-order valence-electron chi connectivity index (χ3n) is 2.05. The SMILES string of the molecule is C[C@H]1NC(CO)=C(CO)N1C. The molecule has 11 heavy (non-hydrogen) atoms. The van der Waals surface area contributed by atoms with Gasteiger partial charge in [0.05, 0.1) is 30.8 Å². The van der Waals surface area contributed by atoms with Crippen molar-refractivity contribution >= 4 is 0 Å². The molecular formula is C7H14N2O2. The van der Waals surface area contributed by atoms with Crippen molar-refractivity contribution < 1.29 is 10.2 Å². The molecular weight excluding hydrogens is 144 g/mol. The lowest BCUT2D eigenvalue weighted by Gasteiger charge is -2.19. The molecule has 1 atom stereocenters. The second-order valence-electron chi connectivity index (χ2n) is 2.67. The molecule has 3 N–H and O–H groups in total. The van der Waals surface area contributed by atoms with Gasteiger partial charge in [-0.2, -0.15) is 0 Å². The van der Waals surface area contributed by atoms with Crippen molar-refractivity contribution in [2.75, 3.05) is 20.3 Å². The zero-order chi connectivity index (χ0) is 8.43. The summed E-state index contributed by atoms with van der Waals surface area (Å²) in [5, 5.41) is 20.8. The van der Waals surface area contributed by atoms with Gasteiger partial charge in [-0.15, -0.1) is 0 Å². The average Bonchev–Trinajstić information content (AvgIpc) is 2.28. The number of likely N-dealkylation sites (N-methyl/N-ethyl adjacent to an activating group) is 1. The molecule has 0 saturated carbocycles. The summed E-state index contributed by atoms with van der Waals surface area (Å²) in [4.78, 5) is 1.91. The van der Waals surface area contributed by atoms with Crippen molar-refractivity contribution in [2.45, 2.75) is 13.1 Å². The molecule has 4 heteroatoms. The number of aliphatic hydroxyl groups is 2. The van der Waals surface area contributed by atoms with E-state index in [-0.39, 0.29) is 19.4 Å². The minimum Gasteiger partial charge on any atom is -0.390 e. The number of hydrogen-bond acceptors (Lipinski definition) is 4. The van der Waals surface area contributed by atoms with Crippen LogP contribution in [0.25, 0.3) is 0 Å². The highest BCUT2D eigenvalue weighted by Crippen LogP contribution is 2.16. The predicted octanol–water partition coefficient (Wildman–Crippen LogP) is -0.936. The van der Waals surface area contributed by atoms with Gasteiger partial charge >= 0.3 is 0 Å². The molecule has 0 aromatic carbocycles. The Bertz CT molecular complexity index is 179. The van der Waals surface area contributed by atoms with Gasteiger partial charge in [0.15, 0.2) is 0 Å². The molecule has 0 radical (unpaired) electrons. The van der Waals surface area contributed by atoms with E-state index in [9.17, 15) is 0 Å². The lowest BCUT2D eigenvalue weighted by molar-refractivity contribution is 0.255. The van der Waals surface area contributed by atoms with E-state index < -0.39 is 0 Å². The Morgan fingerprint density at radius 2 is 2.09 bits per heavy atom. The molecule has 0 bridgehead atoms. The molecule has 0 fully saturated rings. The standard InChI is InChI=1S/C7H14N2O2/c1-5-8-6(3-10)7(4-11)9(5)2/h5,8,10-11H,3-4H2,1-2H3/t5-/m0/s1. The molecule has 0 saturated heterocycles. The van der Waals surface area contributed by atoms with Gasteiger partial charge < -0.3 is 20.4 Å². The maximum absolute atomic E-state index is 8.91. The molecule has 4 nitrogen and oxygen atoms in total. The Kier molecular flexibility index (Phi) is 2.36. The fourth-order valence-corrected chi connectivity index (χ4v) is 1.22. The minimum absolute atomic E-state index is 0.0241. The van der Waals surface area contributed by atoms with Crippen LogP contribution in [0.5, 0.6) is 0 Å². The molecule has 1 aliphatic heterocycles. The number of nitrogens with zero attached hydrogens (tertiary/aromatic N) is 1. The molecule has 0 spiro atoms. The van der Waals surface area contributed by atoms with Crippen LogP contribution in [-0.2, 0) is 0 Å². The molecule has 1 rings (SSSR count). The fraction of sp³-hybridized carbons (Fsp3) is 0.714. The summed E-state index contributed by atoms with van der Waals surface area (Å²) in [5.41, 5.74) is 1.50. The molecule has 0 unspecified atom stereocenters. The zero-order valence-electron chi connectivity index (χ0n) is 6.83. The zero-order valence-corrected chi connectivity index (χ0v) is 6.83. The highest BCUT2D eigenvalue weighted by molar-refractivity contribution is 5.18. The van der Waals surface area contributed by atoms with Gasteiger partial charge in [-0.1, -0.05) is 0 Å². The first kappa shape index (κ1) is 8.36. The summed E-state index contributed by atoms with van der Waals surface area (Å²) in [6.45, 7) is 1.91. The Morgan fingerprint density at radius 1 is 1.45 bits per heavy atom. The minimum atomic E-state index is -0.0371. The lowest BCUT2D eigenvalue weighted by Crippen LogP contribution is -2.32. The third kappa shape index (κ3) is 1.32.